The van der Waals surface area contributed by atoms with Gasteiger partial charge in [0.15, 0.2) is 0 Å². The van der Waals surface area contributed by atoms with E-state index < -0.39 is 0 Å². The van der Waals surface area contributed by atoms with E-state index in [0.717, 1.165) is 78.0 Å². The van der Waals surface area contributed by atoms with Crippen molar-refractivity contribution in [2.45, 2.75) is 44.8 Å². The number of amides is 2. The van der Waals surface area contributed by atoms with E-state index >= 15 is 0 Å². The van der Waals surface area contributed by atoms with Crippen molar-refractivity contribution < 1.29 is 9.53 Å². The van der Waals surface area contributed by atoms with E-state index in [9.17, 15) is 4.79 Å². The van der Waals surface area contributed by atoms with Crippen molar-refractivity contribution in [3.8, 4) is 0 Å². The molecule has 3 aliphatic rings. The molecule has 0 spiro atoms. The van der Waals surface area contributed by atoms with Crippen LogP contribution in [0, 0.1) is 5.41 Å². The van der Waals surface area contributed by atoms with Crippen LogP contribution in [-0.4, -0.2) is 66.2 Å². The average Bonchev–Trinajstić information content (AvgIpc) is 3.32. The van der Waals surface area contributed by atoms with Crippen LogP contribution in [0.2, 0.25) is 0 Å². The molecule has 3 saturated heterocycles. The summed E-state index contributed by atoms with van der Waals surface area (Å²) in [5.41, 5.74) is 1.45. The molecule has 0 saturated carbocycles. The molecular weight excluding hydrogens is 328 g/mol. The maximum Gasteiger partial charge on any atom is 0.317 e. The number of nitrogens with zero attached hydrogens (tertiary/aromatic N) is 3. The smallest absolute Gasteiger partial charge is 0.317 e. The van der Waals surface area contributed by atoms with Gasteiger partial charge >= 0.3 is 6.03 Å². The molecule has 0 radical (unpaired) electrons. The summed E-state index contributed by atoms with van der Waals surface area (Å²) in [6.45, 7) is 6.47. The Hall–Kier alpha value is -1.66. The van der Waals surface area contributed by atoms with Gasteiger partial charge in [-0.05, 0) is 43.7 Å². The number of rotatable bonds is 5. The third-order valence-electron chi connectivity index (χ3n) is 6.27. The molecule has 142 valence electrons. The fourth-order valence-corrected chi connectivity index (χ4v) is 4.84. The molecule has 6 nitrogen and oxygen atoms in total. The Morgan fingerprint density at radius 2 is 2.23 bits per heavy atom. The van der Waals surface area contributed by atoms with Gasteiger partial charge < -0.3 is 15.0 Å². The van der Waals surface area contributed by atoms with Gasteiger partial charge in [-0.25, -0.2) is 4.79 Å². The summed E-state index contributed by atoms with van der Waals surface area (Å²) >= 11 is 0. The molecule has 4 heterocycles. The van der Waals surface area contributed by atoms with Gasteiger partial charge in [0.05, 0.1) is 6.10 Å². The van der Waals surface area contributed by atoms with Crippen LogP contribution in [0.4, 0.5) is 4.79 Å². The van der Waals surface area contributed by atoms with E-state index in [1.165, 1.54) is 5.56 Å². The summed E-state index contributed by atoms with van der Waals surface area (Å²) in [6, 6.07) is 4.26. The van der Waals surface area contributed by atoms with Gasteiger partial charge in [-0.3, -0.25) is 9.88 Å². The zero-order valence-corrected chi connectivity index (χ0v) is 15.5. The van der Waals surface area contributed by atoms with Gasteiger partial charge in [-0.1, -0.05) is 6.07 Å². The first kappa shape index (κ1) is 17.7. The third-order valence-corrected chi connectivity index (χ3v) is 6.27. The predicted octanol–water partition coefficient (Wildman–Crippen LogP) is 2.26. The van der Waals surface area contributed by atoms with Gasteiger partial charge in [0.1, 0.15) is 0 Å². The topological polar surface area (TPSA) is 57.7 Å². The van der Waals surface area contributed by atoms with E-state index in [2.05, 4.69) is 21.3 Å². The highest BCUT2D eigenvalue weighted by Crippen LogP contribution is 2.43. The maximum atomic E-state index is 12.2. The number of piperidine rings is 1. The molecule has 1 aromatic rings. The zero-order valence-electron chi connectivity index (χ0n) is 15.5. The van der Waals surface area contributed by atoms with Crippen LogP contribution in [0.15, 0.2) is 24.5 Å². The molecule has 3 fully saturated rings. The number of pyridine rings is 1. The van der Waals surface area contributed by atoms with E-state index in [1.54, 1.807) is 0 Å². The Morgan fingerprint density at radius 1 is 1.35 bits per heavy atom. The Kier molecular flexibility index (Phi) is 5.41. The number of hydrogen-bond acceptors (Lipinski definition) is 4. The van der Waals surface area contributed by atoms with E-state index in [4.69, 9.17) is 4.74 Å². The Bertz CT molecular complexity index is 605. The van der Waals surface area contributed by atoms with Crippen molar-refractivity contribution in [2.75, 3.05) is 39.3 Å². The van der Waals surface area contributed by atoms with Crippen LogP contribution in [0.1, 0.15) is 37.7 Å². The van der Waals surface area contributed by atoms with Crippen molar-refractivity contribution in [2.24, 2.45) is 5.41 Å². The number of carbonyl (C=O) groups excluding carboxylic acids is 1. The van der Waals surface area contributed by atoms with Gasteiger partial charge in [0.25, 0.3) is 0 Å². The third kappa shape index (κ3) is 3.86. The van der Waals surface area contributed by atoms with Gasteiger partial charge in [-0.15, -0.1) is 0 Å². The number of nitrogens with one attached hydrogen (secondary N) is 1. The minimum absolute atomic E-state index is 0.109. The van der Waals surface area contributed by atoms with Crippen molar-refractivity contribution >= 4 is 6.03 Å². The minimum Gasteiger partial charge on any atom is -0.378 e. The van der Waals surface area contributed by atoms with Crippen molar-refractivity contribution in [1.82, 2.24) is 20.1 Å². The monoisotopic (exact) mass is 358 g/mol. The van der Waals surface area contributed by atoms with Crippen molar-refractivity contribution in [1.29, 1.82) is 0 Å². The molecule has 0 bridgehead atoms. The Balaban J connectivity index is 1.33. The second-order valence-corrected chi connectivity index (χ2v) is 8.01. The van der Waals surface area contributed by atoms with Gasteiger partial charge in [0.2, 0.25) is 0 Å². The molecule has 6 heteroatoms. The fraction of sp³-hybridized carbons (Fsp3) is 0.700. The van der Waals surface area contributed by atoms with Crippen molar-refractivity contribution in [3.63, 3.8) is 0 Å². The van der Waals surface area contributed by atoms with Crippen LogP contribution < -0.4 is 5.32 Å². The lowest BCUT2D eigenvalue weighted by Gasteiger charge is -2.44. The SMILES string of the molecule is O=C(NCC[C@@]12CCO[C@@H]1CCN(Cc1cccnc1)C2)N1CCCC1. The van der Waals surface area contributed by atoms with Crippen molar-refractivity contribution in [3.05, 3.63) is 30.1 Å². The number of aromatic nitrogens is 1. The summed E-state index contributed by atoms with van der Waals surface area (Å²) in [7, 11) is 0. The first-order valence-corrected chi connectivity index (χ1v) is 10.0. The molecule has 0 aliphatic carbocycles. The normalized spacial score (nSPS) is 28.9. The van der Waals surface area contributed by atoms with Crippen LogP contribution >= 0.6 is 0 Å². The number of hydrogen-bond donors (Lipinski definition) is 1. The highest BCUT2D eigenvalue weighted by Gasteiger charge is 2.47. The number of carbonyl (C=O) groups is 1. The molecule has 1 N–H and O–H groups in total. The first-order chi connectivity index (χ1) is 12.8. The van der Waals surface area contributed by atoms with Crippen LogP contribution in [0.5, 0.6) is 0 Å². The van der Waals surface area contributed by atoms with Gasteiger partial charge in [-0.2, -0.15) is 0 Å². The molecule has 0 aromatic carbocycles. The molecular formula is C20H30N4O2. The fourth-order valence-electron chi connectivity index (χ4n) is 4.84. The van der Waals surface area contributed by atoms with E-state index in [-0.39, 0.29) is 11.4 Å². The molecule has 2 atom stereocenters. The van der Waals surface area contributed by atoms with Crippen LogP contribution in [-0.2, 0) is 11.3 Å². The summed E-state index contributed by atoms with van der Waals surface area (Å²) in [4.78, 5) is 21.0. The number of likely N-dealkylation sites (tertiary alicyclic amines) is 2. The zero-order chi connectivity index (χ0) is 17.8. The largest absolute Gasteiger partial charge is 0.378 e. The Morgan fingerprint density at radius 3 is 3.04 bits per heavy atom. The Labute approximate surface area is 155 Å². The number of fused-ring (bicyclic) bond motifs is 1. The standard InChI is InChI=1S/C20H30N4O2/c25-19(24-10-1-2-11-24)22-9-6-20-7-13-26-18(20)5-12-23(16-20)15-17-4-3-8-21-14-17/h3-4,8,14,18H,1-2,5-7,9-13,15-16H2,(H,22,25)/t18-,20+/m1/s1. The van der Waals surface area contributed by atoms with Crippen LogP contribution in [0.3, 0.4) is 0 Å². The van der Waals surface area contributed by atoms with E-state index in [1.807, 2.05) is 23.4 Å². The summed E-state index contributed by atoms with van der Waals surface area (Å²) in [6.07, 6.45) is 9.58. The molecule has 3 aliphatic heterocycles. The lowest BCUT2D eigenvalue weighted by Crippen LogP contribution is -2.50. The first-order valence-electron chi connectivity index (χ1n) is 10.0. The molecule has 2 amide bonds. The molecule has 1 aromatic heterocycles. The maximum absolute atomic E-state index is 12.2. The second-order valence-electron chi connectivity index (χ2n) is 8.01. The quantitative estimate of drug-likeness (QED) is 0.877. The lowest BCUT2D eigenvalue weighted by molar-refractivity contribution is -0.0240. The molecule has 26 heavy (non-hydrogen) atoms. The second kappa shape index (κ2) is 7.92. The summed E-state index contributed by atoms with van der Waals surface area (Å²) in [5.74, 6) is 0. The van der Waals surface area contributed by atoms with Gasteiger partial charge in [0, 0.05) is 63.7 Å². The average molecular weight is 358 g/mol. The molecule has 0 unspecified atom stereocenters. The molecule has 4 rings (SSSR count). The summed E-state index contributed by atoms with van der Waals surface area (Å²) in [5, 5.41) is 3.15. The number of urea groups is 1. The highest BCUT2D eigenvalue weighted by molar-refractivity contribution is 5.74. The highest BCUT2D eigenvalue weighted by atomic mass is 16.5. The number of ether oxygens (including phenoxy) is 1. The minimum atomic E-state index is 0.109. The predicted molar refractivity (Wildman–Crippen MR) is 99.7 cm³/mol. The van der Waals surface area contributed by atoms with Crippen LogP contribution in [0.25, 0.3) is 0 Å². The van der Waals surface area contributed by atoms with E-state index in [0.29, 0.717) is 6.10 Å². The lowest BCUT2D eigenvalue weighted by atomic mass is 9.74. The summed E-state index contributed by atoms with van der Waals surface area (Å²) < 4.78 is 6.05.